The third kappa shape index (κ3) is 2.71. The van der Waals surface area contributed by atoms with E-state index in [2.05, 4.69) is 9.97 Å². The van der Waals surface area contributed by atoms with Crippen LogP contribution < -0.4 is 5.73 Å². The van der Waals surface area contributed by atoms with Crippen molar-refractivity contribution < 1.29 is 22.8 Å². The first-order valence-corrected chi connectivity index (χ1v) is 6.72. The van der Waals surface area contributed by atoms with Crippen LogP contribution in [-0.2, 0) is 4.79 Å². The molecule has 0 radical (unpaired) electrons. The van der Waals surface area contributed by atoms with E-state index in [0.29, 0.717) is 0 Å². The fourth-order valence-corrected chi connectivity index (χ4v) is 2.68. The number of carbonyl (C=O) groups is 2. The van der Waals surface area contributed by atoms with Crippen molar-refractivity contribution in [2.24, 2.45) is 17.6 Å². The van der Waals surface area contributed by atoms with Crippen LogP contribution >= 0.6 is 0 Å². The minimum atomic E-state index is -4.60. The predicted octanol–water partition coefficient (Wildman–Crippen LogP) is 0.465. The Morgan fingerprint density at radius 1 is 1.30 bits per heavy atom. The number of nitrogens with two attached hydrogens (primary N) is 1. The topological polar surface area (TPSA) is 93.6 Å². The highest BCUT2D eigenvalue weighted by Gasteiger charge is 2.53. The highest BCUT2D eigenvalue weighted by atomic mass is 19.4. The van der Waals surface area contributed by atoms with Gasteiger partial charge in [-0.25, -0.2) is 9.97 Å². The summed E-state index contributed by atoms with van der Waals surface area (Å²) in [5, 5.41) is 0. The monoisotopic (exact) mass is 327 g/mol. The Hall–Kier alpha value is -2.65. The highest BCUT2D eigenvalue weighted by Crippen LogP contribution is 2.37. The second kappa shape index (κ2) is 5.21. The fraction of sp³-hybridized carbons (Fsp3) is 0.385. The minimum absolute atomic E-state index is 0.0326. The molecule has 2 aromatic rings. The van der Waals surface area contributed by atoms with Crippen molar-refractivity contribution in [2.75, 3.05) is 13.1 Å². The van der Waals surface area contributed by atoms with Crippen LogP contribution in [0, 0.1) is 11.8 Å². The standard InChI is InChI=1S/C13H12F3N5O2/c14-13(15,16)8-5-21(4-7(8)10(17)22)11(23)9-6-20-3-1-2-18-12(20)19-9/h1-3,6-8H,4-5H2,(H2,17,22)/t7-,8-/m1/s1. The molecule has 10 heteroatoms. The lowest BCUT2D eigenvalue weighted by atomic mass is 9.95. The summed E-state index contributed by atoms with van der Waals surface area (Å²) in [6.07, 6.45) is -0.129. The summed E-state index contributed by atoms with van der Waals surface area (Å²) < 4.78 is 40.5. The molecule has 0 spiro atoms. The molecule has 23 heavy (non-hydrogen) atoms. The van der Waals surface area contributed by atoms with E-state index in [1.54, 1.807) is 12.3 Å². The van der Waals surface area contributed by atoms with Gasteiger partial charge in [0.05, 0.1) is 11.8 Å². The van der Waals surface area contributed by atoms with Gasteiger partial charge < -0.3 is 10.6 Å². The maximum Gasteiger partial charge on any atom is 0.394 e. The second-order valence-corrected chi connectivity index (χ2v) is 5.32. The van der Waals surface area contributed by atoms with Gasteiger partial charge in [0.2, 0.25) is 11.7 Å². The van der Waals surface area contributed by atoms with Gasteiger partial charge in [0.25, 0.3) is 5.91 Å². The Morgan fingerprint density at radius 3 is 2.61 bits per heavy atom. The highest BCUT2D eigenvalue weighted by molar-refractivity contribution is 5.93. The van der Waals surface area contributed by atoms with Crippen LogP contribution in [0.3, 0.4) is 0 Å². The zero-order valence-electron chi connectivity index (χ0n) is 11.7. The number of likely N-dealkylation sites (tertiary alicyclic amines) is 1. The number of hydrogen-bond donors (Lipinski definition) is 1. The predicted molar refractivity (Wildman–Crippen MR) is 71.1 cm³/mol. The summed E-state index contributed by atoms with van der Waals surface area (Å²) in [6.45, 7) is -0.989. The minimum Gasteiger partial charge on any atom is -0.369 e. The van der Waals surface area contributed by atoms with Gasteiger partial charge in [-0.2, -0.15) is 13.2 Å². The van der Waals surface area contributed by atoms with Gasteiger partial charge in [0.15, 0.2) is 0 Å². The van der Waals surface area contributed by atoms with E-state index in [0.717, 1.165) is 4.90 Å². The average molecular weight is 327 g/mol. The molecule has 0 bridgehead atoms. The average Bonchev–Trinajstić information content (AvgIpc) is 3.10. The molecule has 1 aliphatic rings. The van der Waals surface area contributed by atoms with E-state index in [1.165, 1.54) is 16.8 Å². The molecule has 0 saturated carbocycles. The van der Waals surface area contributed by atoms with Gasteiger partial charge in [-0.15, -0.1) is 0 Å². The van der Waals surface area contributed by atoms with Crippen molar-refractivity contribution in [3.8, 4) is 0 Å². The molecule has 2 atom stereocenters. The van der Waals surface area contributed by atoms with Crippen molar-refractivity contribution in [3.63, 3.8) is 0 Å². The zero-order chi connectivity index (χ0) is 16.8. The molecule has 7 nitrogen and oxygen atoms in total. The fourth-order valence-electron chi connectivity index (χ4n) is 2.68. The molecule has 0 aliphatic carbocycles. The van der Waals surface area contributed by atoms with Gasteiger partial charge in [0, 0.05) is 31.7 Å². The number of carbonyl (C=O) groups excluding carboxylic acids is 2. The quantitative estimate of drug-likeness (QED) is 0.867. The summed E-state index contributed by atoms with van der Waals surface area (Å²) >= 11 is 0. The summed E-state index contributed by atoms with van der Waals surface area (Å²) in [4.78, 5) is 32.5. The van der Waals surface area contributed by atoms with Gasteiger partial charge in [-0.1, -0.05) is 0 Å². The van der Waals surface area contributed by atoms with Crippen molar-refractivity contribution >= 4 is 17.6 Å². The molecule has 1 aliphatic heterocycles. The third-order valence-electron chi connectivity index (χ3n) is 3.85. The number of nitrogens with zero attached hydrogens (tertiary/aromatic N) is 4. The number of halogens is 3. The Bertz CT molecular complexity index is 739. The molecule has 0 unspecified atom stereocenters. The van der Waals surface area contributed by atoms with Crippen LogP contribution in [0.2, 0.25) is 0 Å². The van der Waals surface area contributed by atoms with E-state index in [-0.39, 0.29) is 18.0 Å². The van der Waals surface area contributed by atoms with E-state index >= 15 is 0 Å². The van der Waals surface area contributed by atoms with Gasteiger partial charge in [-0.3, -0.25) is 14.0 Å². The number of primary amides is 1. The van der Waals surface area contributed by atoms with Crippen LogP contribution in [0.15, 0.2) is 24.7 Å². The van der Waals surface area contributed by atoms with Crippen LogP contribution in [0.1, 0.15) is 10.5 Å². The van der Waals surface area contributed by atoms with Crippen LogP contribution in [0.5, 0.6) is 0 Å². The number of alkyl halides is 3. The van der Waals surface area contributed by atoms with Crippen LogP contribution in [-0.4, -0.2) is 50.3 Å². The maximum atomic E-state index is 13.0. The largest absolute Gasteiger partial charge is 0.394 e. The summed E-state index contributed by atoms with van der Waals surface area (Å²) in [6, 6.07) is 1.63. The summed E-state index contributed by atoms with van der Waals surface area (Å²) in [5.41, 5.74) is 5.01. The number of fused-ring (bicyclic) bond motifs is 1. The number of aromatic nitrogens is 3. The zero-order valence-corrected chi connectivity index (χ0v) is 11.7. The van der Waals surface area contributed by atoms with Crippen molar-refractivity contribution in [1.29, 1.82) is 0 Å². The first kappa shape index (κ1) is 15.3. The SMILES string of the molecule is NC(=O)[C@@H]1CN(C(=O)c2cn3cccnc3n2)C[C@H]1C(F)(F)F. The molecule has 2 N–H and O–H groups in total. The Balaban J connectivity index is 1.86. The van der Waals surface area contributed by atoms with Crippen LogP contribution in [0.4, 0.5) is 13.2 Å². The summed E-state index contributed by atoms with van der Waals surface area (Å²) in [5.74, 6) is -4.91. The van der Waals surface area contributed by atoms with E-state index in [4.69, 9.17) is 5.73 Å². The number of imidazole rings is 1. The number of rotatable bonds is 2. The maximum absolute atomic E-state index is 13.0. The Kier molecular flexibility index (Phi) is 3.46. The van der Waals surface area contributed by atoms with E-state index in [9.17, 15) is 22.8 Å². The molecule has 3 rings (SSSR count). The van der Waals surface area contributed by atoms with Gasteiger partial charge >= 0.3 is 6.18 Å². The second-order valence-electron chi connectivity index (χ2n) is 5.32. The lowest BCUT2D eigenvalue weighted by Gasteiger charge is -2.18. The molecular formula is C13H12F3N5O2. The molecule has 0 aromatic carbocycles. The molecule has 1 fully saturated rings. The number of hydrogen-bond acceptors (Lipinski definition) is 4. The molecule has 122 valence electrons. The normalized spacial score (nSPS) is 21.8. The van der Waals surface area contributed by atoms with Crippen molar-refractivity contribution in [2.45, 2.75) is 6.18 Å². The smallest absolute Gasteiger partial charge is 0.369 e. The van der Waals surface area contributed by atoms with Crippen molar-refractivity contribution in [3.05, 3.63) is 30.4 Å². The first-order valence-electron chi connectivity index (χ1n) is 6.72. The Labute approximate surface area is 127 Å². The van der Waals surface area contributed by atoms with E-state index in [1.807, 2.05) is 0 Å². The summed E-state index contributed by atoms with van der Waals surface area (Å²) in [7, 11) is 0. The van der Waals surface area contributed by atoms with Gasteiger partial charge in [0.1, 0.15) is 5.69 Å². The van der Waals surface area contributed by atoms with Crippen LogP contribution in [0.25, 0.3) is 5.78 Å². The first-order chi connectivity index (χ1) is 10.8. The lowest BCUT2D eigenvalue weighted by Crippen LogP contribution is -2.37. The number of amides is 2. The molecular weight excluding hydrogens is 315 g/mol. The lowest BCUT2D eigenvalue weighted by molar-refractivity contribution is -0.182. The van der Waals surface area contributed by atoms with Crippen molar-refractivity contribution in [1.82, 2.24) is 19.3 Å². The van der Waals surface area contributed by atoms with Gasteiger partial charge in [-0.05, 0) is 6.07 Å². The molecule has 2 amide bonds. The van der Waals surface area contributed by atoms with E-state index < -0.39 is 36.4 Å². The molecule has 3 heterocycles. The molecule has 2 aromatic heterocycles. The molecule has 1 saturated heterocycles. The third-order valence-corrected chi connectivity index (χ3v) is 3.85. The Morgan fingerprint density at radius 2 is 2.04 bits per heavy atom.